The molecule has 0 aromatic heterocycles. The van der Waals surface area contributed by atoms with Crippen LogP contribution in [0, 0.1) is 0 Å². The topological polar surface area (TPSA) is 82.9 Å². The number of hydrogen-bond donors (Lipinski definition) is 3. The first kappa shape index (κ1) is 31.4. The summed E-state index contributed by atoms with van der Waals surface area (Å²) in [6.07, 6.45) is 3.95. The molecule has 0 bridgehead atoms. The number of piperidine rings is 1. The van der Waals surface area contributed by atoms with Gasteiger partial charge in [-0.05, 0) is 66.4 Å². The first-order chi connectivity index (χ1) is 22.5. The Hall–Kier alpha value is -4.62. The third kappa shape index (κ3) is 6.95. The fraction of sp³-hybridized carbons (Fsp3) is 0.205. The summed E-state index contributed by atoms with van der Waals surface area (Å²) in [7, 11) is 0. The van der Waals surface area contributed by atoms with Crippen molar-refractivity contribution in [1.82, 2.24) is 10.0 Å². The lowest BCUT2D eigenvalue weighted by Gasteiger charge is -2.41. The Morgan fingerprint density at radius 3 is 2.02 bits per heavy atom. The maximum absolute atomic E-state index is 6.96. The van der Waals surface area contributed by atoms with E-state index < -0.39 is 5.54 Å². The van der Waals surface area contributed by atoms with Gasteiger partial charge >= 0.3 is 0 Å². The molecule has 0 aliphatic carbocycles. The Morgan fingerprint density at radius 1 is 0.739 bits per heavy atom. The number of hydrazone groups is 1. The highest BCUT2D eigenvalue weighted by Gasteiger charge is 2.43. The molecule has 1 heterocycles. The summed E-state index contributed by atoms with van der Waals surface area (Å²) >= 11 is 6.88. The predicted molar refractivity (Wildman–Crippen MR) is 190 cm³/mol. The Kier molecular flexibility index (Phi) is 9.99. The van der Waals surface area contributed by atoms with Crippen molar-refractivity contribution in [1.29, 1.82) is 0 Å². The van der Waals surface area contributed by atoms with E-state index in [2.05, 4.69) is 46.6 Å². The number of nitrogens with one attached hydrogen (secondary N) is 1. The highest BCUT2D eigenvalue weighted by Crippen LogP contribution is 2.44. The maximum atomic E-state index is 6.96. The molecule has 6 nitrogen and oxygen atoms in total. The van der Waals surface area contributed by atoms with E-state index in [1.807, 2.05) is 97.1 Å². The maximum Gasteiger partial charge on any atom is 0.152 e. The Bertz CT molecular complexity index is 1690. The minimum Gasteiger partial charge on any atom is -0.382 e. The van der Waals surface area contributed by atoms with E-state index in [-0.39, 0.29) is 0 Å². The molecule has 46 heavy (non-hydrogen) atoms. The van der Waals surface area contributed by atoms with Gasteiger partial charge in [0, 0.05) is 34.9 Å². The highest BCUT2D eigenvalue weighted by atomic mass is 35.5. The fourth-order valence-electron chi connectivity index (χ4n) is 6.38. The molecule has 5 aromatic rings. The van der Waals surface area contributed by atoms with Crippen molar-refractivity contribution in [2.24, 2.45) is 16.7 Å². The minimum atomic E-state index is -1.04. The fourth-order valence-corrected chi connectivity index (χ4v) is 6.65. The molecule has 0 radical (unpaired) electrons. The molecule has 0 saturated carbocycles. The van der Waals surface area contributed by atoms with Gasteiger partial charge in [0.05, 0.1) is 0 Å². The van der Waals surface area contributed by atoms with Gasteiger partial charge in [-0.2, -0.15) is 0 Å². The number of hydrogen-bond acceptors (Lipinski definition) is 5. The summed E-state index contributed by atoms with van der Waals surface area (Å²) < 4.78 is 0. The standard InChI is InChI=1S/C39H41ClN6/c40-37-20-9-8-19-36(37)39(33-14-4-1-5-15-33,34-16-6-2-7-17-34)46(42)44-38(41)32-23-21-30(22-24-32)28-43-35-18-12-13-31(27-35)29-45-25-10-3-11-26-45/h1-2,4-9,12-24,27,43H,3,10-11,25-26,28-29,42H2,(H2,41,44). The van der Waals surface area contributed by atoms with Crippen LogP contribution in [0.1, 0.15) is 52.6 Å². The molecule has 1 saturated heterocycles. The van der Waals surface area contributed by atoms with Crippen molar-refractivity contribution in [2.75, 3.05) is 18.4 Å². The lowest BCUT2D eigenvalue weighted by Crippen LogP contribution is -2.50. The van der Waals surface area contributed by atoms with Crippen LogP contribution in [-0.2, 0) is 18.6 Å². The van der Waals surface area contributed by atoms with Crippen molar-refractivity contribution in [3.05, 3.63) is 172 Å². The van der Waals surface area contributed by atoms with Crippen LogP contribution in [0.5, 0.6) is 0 Å². The molecule has 1 aliphatic rings. The highest BCUT2D eigenvalue weighted by molar-refractivity contribution is 6.31. The largest absolute Gasteiger partial charge is 0.382 e. The van der Waals surface area contributed by atoms with Gasteiger partial charge in [0.2, 0.25) is 0 Å². The summed E-state index contributed by atoms with van der Waals surface area (Å²) in [5.74, 6) is 7.27. The van der Waals surface area contributed by atoms with Crippen LogP contribution in [0.4, 0.5) is 5.69 Å². The number of nitrogens with two attached hydrogens (primary N) is 2. The van der Waals surface area contributed by atoms with Gasteiger partial charge in [-0.3, -0.25) is 4.90 Å². The third-order valence-corrected chi connectivity index (χ3v) is 9.06. The summed E-state index contributed by atoms with van der Waals surface area (Å²) in [6, 6.07) is 44.6. The quantitative estimate of drug-likeness (QED) is 0.0458. The molecule has 234 valence electrons. The van der Waals surface area contributed by atoms with Gasteiger partial charge < -0.3 is 11.1 Å². The predicted octanol–water partition coefficient (Wildman–Crippen LogP) is 7.73. The Labute approximate surface area is 277 Å². The van der Waals surface area contributed by atoms with Gasteiger partial charge in [0.15, 0.2) is 11.4 Å². The van der Waals surface area contributed by atoms with E-state index in [0.29, 0.717) is 17.4 Å². The zero-order valence-electron chi connectivity index (χ0n) is 26.0. The molecule has 6 rings (SSSR count). The number of benzene rings is 5. The smallest absolute Gasteiger partial charge is 0.152 e. The monoisotopic (exact) mass is 628 g/mol. The number of rotatable bonds is 11. The number of nitrogens with zero attached hydrogens (tertiary/aromatic N) is 3. The molecule has 0 atom stereocenters. The normalized spacial score (nSPS) is 14.2. The molecule has 0 unspecified atom stereocenters. The van der Waals surface area contributed by atoms with Gasteiger partial charge in [0.1, 0.15) is 0 Å². The second-order valence-electron chi connectivity index (χ2n) is 11.8. The number of hydrazine groups is 1. The zero-order chi connectivity index (χ0) is 31.8. The SMILES string of the molecule is N/C(=N\N(N)C(c1ccccc1)(c1ccccc1)c1ccccc1Cl)c1ccc(CNc2cccc(CN3CCCCC3)c2)cc1. The summed E-state index contributed by atoms with van der Waals surface area (Å²) in [5.41, 5.74) is 12.6. The van der Waals surface area contributed by atoms with Crippen LogP contribution in [0.15, 0.2) is 139 Å². The lowest BCUT2D eigenvalue weighted by atomic mass is 9.77. The minimum absolute atomic E-state index is 0.302. The molecule has 7 heteroatoms. The average molecular weight is 629 g/mol. The molecule has 1 fully saturated rings. The van der Waals surface area contributed by atoms with Gasteiger partial charge in [0.25, 0.3) is 0 Å². The number of anilines is 1. The molecule has 1 aliphatic heterocycles. The molecular weight excluding hydrogens is 588 g/mol. The number of halogens is 1. The van der Waals surface area contributed by atoms with Crippen LogP contribution >= 0.6 is 11.6 Å². The zero-order valence-corrected chi connectivity index (χ0v) is 26.8. The molecule has 5 aromatic carbocycles. The first-order valence-corrected chi connectivity index (χ1v) is 16.3. The van der Waals surface area contributed by atoms with Crippen LogP contribution in [0.2, 0.25) is 5.02 Å². The van der Waals surface area contributed by atoms with E-state index >= 15 is 0 Å². The van der Waals surface area contributed by atoms with Crippen LogP contribution < -0.4 is 16.9 Å². The second kappa shape index (κ2) is 14.6. The average Bonchev–Trinajstić information content (AvgIpc) is 3.10. The van der Waals surface area contributed by atoms with Crippen molar-refractivity contribution < 1.29 is 0 Å². The molecular formula is C39H41ClN6. The lowest BCUT2D eigenvalue weighted by molar-refractivity contribution is 0.167. The van der Waals surface area contributed by atoms with E-state index in [4.69, 9.17) is 28.3 Å². The summed E-state index contributed by atoms with van der Waals surface area (Å²) in [5, 5.41) is 10.4. The Morgan fingerprint density at radius 2 is 1.37 bits per heavy atom. The van der Waals surface area contributed by atoms with Crippen LogP contribution in [0.3, 0.4) is 0 Å². The number of amidine groups is 1. The Balaban J connectivity index is 1.23. The van der Waals surface area contributed by atoms with Gasteiger partial charge in [-0.25, -0.2) is 11.0 Å². The molecule has 5 N–H and O–H groups in total. The summed E-state index contributed by atoms with van der Waals surface area (Å²) in [4.78, 5) is 2.55. The second-order valence-corrected chi connectivity index (χ2v) is 12.2. The van der Waals surface area contributed by atoms with Gasteiger partial charge in [-0.15, -0.1) is 5.10 Å². The first-order valence-electron chi connectivity index (χ1n) is 15.9. The molecule has 0 amide bonds. The summed E-state index contributed by atoms with van der Waals surface area (Å²) in [6.45, 7) is 4.09. The van der Waals surface area contributed by atoms with Crippen LogP contribution in [0.25, 0.3) is 0 Å². The van der Waals surface area contributed by atoms with Crippen molar-refractivity contribution in [3.8, 4) is 0 Å². The van der Waals surface area contributed by atoms with Crippen molar-refractivity contribution >= 4 is 23.1 Å². The van der Waals surface area contributed by atoms with E-state index in [1.165, 1.54) is 43.0 Å². The van der Waals surface area contributed by atoms with Gasteiger partial charge in [-0.1, -0.05) is 133 Å². The van der Waals surface area contributed by atoms with E-state index in [1.54, 1.807) is 0 Å². The van der Waals surface area contributed by atoms with E-state index in [9.17, 15) is 0 Å². The van der Waals surface area contributed by atoms with Crippen molar-refractivity contribution in [3.63, 3.8) is 0 Å². The van der Waals surface area contributed by atoms with Crippen molar-refractivity contribution in [2.45, 2.75) is 37.9 Å². The van der Waals surface area contributed by atoms with E-state index in [0.717, 1.165) is 40.0 Å². The molecule has 0 spiro atoms. The van der Waals surface area contributed by atoms with Crippen LogP contribution in [-0.4, -0.2) is 28.9 Å². The number of likely N-dealkylation sites (tertiary alicyclic amines) is 1. The third-order valence-electron chi connectivity index (χ3n) is 8.73.